The fraction of sp³-hybridized carbons (Fsp3) is 0.391. The number of hydrogen-bond acceptors (Lipinski definition) is 7. The number of pyridine rings is 1. The summed E-state index contributed by atoms with van der Waals surface area (Å²) in [7, 11) is 1.65. The smallest absolute Gasteiger partial charge is 0.291 e. The van der Waals surface area contributed by atoms with Crippen molar-refractivity contribution < 1.29 is 23.8 Å². The molecule has 0 aliphatic carbocycles. The number of aliphatic hydroxyl groups is 1. The van der Waals surface area contributed by atoms with E-state index in [1.807, 2.05) is 24.3 Å². The first-order chi connectivity index (χ1) is 15.4. The Balaban J connectivity index is 1.66. The number of amides is 2. The summed E-state index contributed by atoms with van der Waals surface area (Å²) in [4.78, 5) is 38.1. The summed E-state index contributed by atoms with van der Waals surface area (Å²) in [5.41, 5.74) is 2.28. The SMILES string of the molecule is Cc1nc(C)c(C(=O)N2CCO[C@@H](c3cc(C(=O)N(C)CCO)c4ccccc4n3)C2)o1. The van der Waals surface area contributed by atoms with E-state index in [1.165, 1.54) is 4.90 Å². The van der Waals surface area contributed by atoms with Gasteiger partial charge in [0.05, 0.1) is 42.2 Å². The quantitative estimate of drug-likeness (QED) is 0.650. The topological polar surface area (TPSA) is 109 Å². The number of morpholine rings is 1. The number of carbonyl (C=O) groups is 2. The molecule has 1 N–H and O–H groups in total. The first kappa shape index (κ1) is 21.9. The molecule has 32 heavy (non-hydrogen) atoms. The highest BCUT2D eigenvalue weighted by Gasteiger charge is 2.31. The molecule has 1 atom stereocenters. The van der Waals surface area contributed by atoms with Crippen molar-refractivity contribution in [3.05, 3.63) is 58.9 Å². The van der Waals surface area contributed by atoms with Crippen LogP contribution in [-0.2, 0) is 4.74 Å². The largest absolute Gasteiger partial charge is 0.436 e. The Labute approximate surface area is 185 Å². The number of fused-ring (bicyclic) bond motifs is 1. The molecule has 0 saturated carbocycles. The lowest BCUT2D eigenvalue weighted by molar-refractivity contribution is -0.0256. The molecule has 0 radical (unpaired) electrons. The van der Waals surface area contributed by atoms with Gasteiger partial charge in [-0.15, -0.1) is 0 Å². The van der Waals surface area contributed by atoms with Gasteiger partial charge in [0, 0.05) is 32.4 Å². The third kappa shape index (κ3) is 4.21. The molecule has 168 valence electrons. The molecule has 1 aliphatic rings. The van der Waals surface area contributed by atoms with E-state index in [4.69, 9.17) is 14.1 Å². The third-order valence-corrected chi connectivity index (χ3v) is 5.53. The van der Waals surface area contributed by atoms with E-state index in [1.54, 1.807) is 31.9 Å². The van der Waals surface area contributed by atoms with Gasteiger partial charge in [-0.25, -0.2) is 9.97 Å². The van der Waals surface area contributed by atoms with Gasteiger partial charge in [0.15, 0.2) is 5.89 Å². The van der Waals surface area contributed by atoms with Gasteiger partial charge in [0.2, 0.25) is 5.76 Å². The van der Waals surface area contributed by atoms with Crippen LogP contribution in [0.25, 0.3) is 10.9 Å². The molecule has 9 nitrogen and oxygen atoms in total. The second-order valence-corrected chi connectivity index (χ2v) is 7.82. The van der Waals surface area contributed by atoms with Gasteiger partial charge >= 0.3 is 0 Å². The van der Waals surface area contributed by atoms with Crippen molar-refractivity contribution in [3.8, 4) is 0 Å². The fourth-order valence-electron chi connectivity index (χ4n) is 3.88. The Morgan fingerprint density at radius 3 is 2.75 bits per heavy atom. The lowest BCUT2D eigenvalue weighted by Crippen LogP contribution is -2.42. The minimum Gasteiger partial charge on any atom is -0.436 e. The number of aryl methyl sites for hydroxylation is 2. The zero-order valence-electron chi connectivity index (χ0n) is 18.4. The van der Waals surface area contributed by atoms with Gasteiger partial charge in [0.25, 0.3) is 11.8 Å². The zero-order valence-corrected chi connectivity index (χ0v) is 18.4. The van der Waals surface area contributed by atoms with Crippen molar-refractivity contribution in [1.82, 2.24) is 19.8 Å². The molecule has 0 bridgehead atoms. The molecule has 3 heterocycles. The summed E-state index contributed by atoms with van der Waals surface area (Å²) in [6.45, 7) is 4.59. The Morgan fingerprint density at radius 2 is 2.03 bits per heavy atom. The van der Waals surface area contributed by atoms with Crippen molar-refractivity contribution in [3.63, 3.8) is 0 Å². The Hall–Kier alpha value is -3.30. The molecule has 1 fully saturated rings. The van der Waals surface area contributed by atoms with Crippen LogP contribution in [0.15, 0.2) is 34.7 Å². The van der Waals surface area contributed by atoms with Gasteiger partial charge in [-0.1, -0.05) is 18.2 Å². The molecule has 3 aromatic rings. The normalized spacial score (nSPS) is 16.4. The summed E-state index contributed by atoms with van der Waals surface area (Å²) >= 11 is 0. The second-order valence-electron chi connectivity index (χ2n) is 7.82. The summed E-state index contributed by atoms with van der Waals surface area (Å²) in [5, 5.41) is 9.95. The van der Waals surface area contributed by atoms with Crippen LogP contribution in [-0.4, -0.2) is 76.6 Å². The maximum atomic E-state index is 13.0. The predicted octanol–water partition coefficient (Wildman–Crippen LogP) is 2.12. The molecule has 1 aliphatic heterocycles. The van der Waals surface area contributed by atoms with Crippen LogP contribution in [0, 0.1) is 13.8 Å². The molecule has 2 amide bonds. The molecule has 0 spiro atoms. The minimum absolute atomic E-state index is 0.124. The Bertz CT molecular complexity index is 1160. The van der Waals surface area contributed by atoms with Crippen LogP contribution >= 0.6 is 0 Å². The van der Waals surface area contributed by atoms with Crippen LogP contribution in [0.5, 0.6) is 0 Å². The highest BCUT2D eigenvalue weighted by Crippen LogP contribution is 2.27. The van der Waals surface area contributed by atoms with Crippen molar-refractivity contribution in [2.24, 2.45) is 0 Å². The van der Waals surface area contributed by atoms with Gasteiger partial charge < -0.3 is 24.1 Å². The number of ether oxygens (including phenoxy) is 1. The Morgan fingerprint density at radius 1 is 1.25 bits per heavy atom. The summed E-state index contributed by atoms with van der Waals surface area (Å²) in [6, 6.07) is 9.12. The van der Waals surface area contributed by atoms with E-state index in [-0.39, 0.29) is 37.3 Å². The summed E-state index contributed by atoms with van der Waals surface area (Å²) in [5.74, 6) is 0.227. The average molecular weight is 438 g/mol. The number of para-hydroxylation sites is 1. The Kier molecular flexibility index (Phi) is 6.20. The first-order valence-corrected chi connectivity index (χ1v) is 10.5. The van der Waals surface area contributed by atoms with Gasteiger partial charge in [0.1, 0.15) is 6.10 Å². The standard InChI is InChI=1S/C23H26N4O5/c1-14-21(32-15(2)24-14)23(30)27-9-11-31-20(13-27)19-12-17(22(29)26(3)8-10-28)16-6-4-5-7-18(16)25-19/h4-7,12,20,28H,8-11,13H2,1-3H3/t20-/m1/s1. The van der Waals surface area contributed by atoms with Crippen molar-refractivity contribution in [2.45, 2.75) is 20.0 Å². The van der Waals surface area contributed by atoms with Crippen LogP contribution in [0.2, 0.25) is 0 Å². The number of aromatic nitrogens is 2. The van der Waals surface area contributed by atoms with Crippen LogP contribution in [0.4, 0.5) is 0 Å². The fourth-order valence-corrected chi connectivity index (χ4v) is 3.88. The van der Waals surface area contributed by atoms with Crippen LogP contribution in [0.1, 0.15) is 44.3 Å². The molecular weight excluding hydrogens is 412 g/mol. The van der Waals surface area contributed by atoms with E-state index in [0.29, 0.717) is 41.5 Å². The number of carbonyl (C=O) groups excluding carboxylic acids is 2. The molecule has 9 heteroatoms. The molecule has 1 aromatic carbocycles. The third-order valence-electron chi connectivity index (χ3n) is 5.53. The zero-order chi connectivity index (χ0) is 22.8. The number of oxazole rings is 1. The molecule has 4 rings (SSSR count). The number of aliphatic hydroxyl groups excluding tert-OH is 1. The van der Waals surface area contributed by atoms with E-state index in [2.05, 4.69) is 4.98 Å². The van der Waals surface area contributed by atoms with Crippen molar-refractivity contribution >= 4 is 22.7 Å². The number of nitrogens with zero attached hydrogens (tertiary/aromatic N) is 4. The van der Waals surface area contributed by atoms with Gasteiger partial charge in [-0.3, -0.25) is 9.59 Å². The summed E-state index contributed by atoms with van der Waals surface area (Å²) in [6.07, 6.45) is -0.490. The van der Waals surface area contributed by atoms with E-state index < -0.39 is 6.10 Å². The highest BCUT2D eigenvalue weighted by molar-refractivity contribution is 6.06. The van der Waals surface area contributed by atoms with Gasteiger partial charge in [-0.2, -0.15) is 0 Å². The van der Waals surface area contributed by atoms with Crippen molar-refractivity contribution in [1.29, 1.82) is 0 Å². The van der Waals surface area contributed by atoms with E-state index >= 15 is 0 Å². The number of likely N-dealkylation sites (N-methyl/N-ethyl adjacent to an activating group) is 1. The molecule has 1 saturated heterocycles. The maximum Gasteiger partial charge on any atom is 0.291 e. The average Bonchev–Trinajstić information content (AvgIpc) is 3.15. The van der Waals surface area contributed by atoms with E-state index in [9.17, 15) is 14.7 Å². The van der Waals surface area contributed by atoms with Crippen LogP contribution < -0.4 is 0 Å². The molecule has 0 unspecified atom stereocenters. The van der Waals surface area contributed by atoms with Crippen molar-refractivity contribution in [2.75, 3.05) is 39.9 Å². The molecule has 2 aromatic heterocycles. The second kappa shape index (κ2) is 9.05. The lowest BCUT2D eigenvalue weighted by atomic mass is 10.0. The maximum absolute atomic E-state index is 13.0. The number of rotatable bonds is 5. The molecular formula is C23H26N4O5. The summed E-state index contributed by atoms with van der Waals surface area (Å²) < 4.78 is 11.4. The highest BCUT2D eigenvalue weighted by atomic mass is 16.5. The first-order valence-electron chi connectivity index (χ1n) is 10.5. The number of hydrogen-bond donors (Lipinski definition) is 1. The monoisotopic (exact) mass is 438 g/mol. The number of benzene rings is 1. The van der Waals surface area contributed by atoms with Crippen LogP contribution in [0.3, 0.4) is 0 Å². The van der Waals surface area contributed by atoms with E-state index in [0.717, 1.165) is 5.39 Å². The lowest BCUT2D eigenvalue weighted by Gasteiger charge is -2.32. The van der Waals surface area contributed by atoms with Gasteiger partial charge in [-0.05, 0) is 19.1 Å². The predicted molar refractivity (Wildman–Crippen MR) is 116 cm³/mol. The minimum atomic E-state index is -0.490.